The standard InChI is InChI=1S/C10H15NO2/c12-10(13)11-8-4-7-9-5-2-1-3-6-9/h1-2,4,7,9,11H,3,5-6,8H2,(H,12,13)/b7-4+. The monoisotopic (exact) mass is 181 g/mol. The molecule has 13 heavy (non-hydrogen) atoms. The summed E-state index contributed by atoms with van der Waals surface area (Å²) in [6.07, 6.45) is 10.8. The molecule has 0 aromatic heterocycles. The number of carbonyl (C=O) groups is 1. The van der Waals surface area contributed by atoms with Crippen molar-refractivity contribution in [1.29, 1.82) is 0 Å². The van der Waals surface area contributed by atoms with Crippen LogP contribution in [0.4, 0.5) is 4.79 Å². The summed E-state index contributed by atoms with van der Waals surface area (Å²) in [4.78, 5) is 10.1. The van der Waals surface area contributed by atoms with Gasteiger partial charge in [-0.2, -0.15) is 0 Å². The maximum Gasteiger partial charge on any atom is 0.404 e. The summed E-state index contributed by atoms with van der Waals surface area (Å²) in [5.74, 6) is 0.598. The molecular formula is C10H15NO2. The van der Waals surface area contributed by atoms with Crippen molar-refractivity contribution in [2.45, 2.75) is 19.3 Å². The topological polar surface area (TPSA) is 49.3 Å². The van der Waals surface area contributed by atoms with Gasteiger partial charge in [-0.05, 0) is 25.2 Å². The van der Waals surface area contributed by atoms with Gasteiger partial charge in [-0.1, -0.05) is 24.3 Å². The summed E-state index contributed by atoms with van der Waals surface area (Å²) in [6, 6.07) is 0. The van der Waals surface area contributed by atoms with Crippen molar-refractivity contribution in [1.82, 2.24) is 5.32 Å². The van der Waals surface area contributed by atoms with Crippen LogP contribution in [0.5, 0.6) is 0 Å². The minimum absolute atomic E-state index is 0.412. The van der Waals surface area contributed by atoms with Gasteiger partial charge in [-0.15, -0.1) is 0 Å². The van der Waals surface area contributed by atoms with Gasteiger partial charge in [-0.25, -0.2) is 4.79 Å². The molecule has 1 aliphatic rings. The molecule has 0 aliphatic heterocycles. The summed E-state index contributed by atoms with van der Waals surface area (Å²) in [5.41, 5.74) is 0. The van der Waals surface area contributed by atoms with Crippen molar-refractivity contribution in [3.05, 3.63) is 24.3 Å². The number of carboxylic acid groups (broad SMARTS) is 1. The molecule has 1 amide bonds. The third-order valence-electron chi connectivity index (χ3n) is 2.09. The number of rotatable bonds is 3. The van der Waals surface area contributed by atoms with E-state index in [1.807, 2.05) is 6.08 Å². The van der Waals surface area contributed by atoms with Crippen molar-refractivity contribution in [3.63, 3.8) is 0 Å². The van der Waals surface area contributed by atoms with Crippen LogP contribution in [0.15, 0.2) is 24.3 Å². The van der Waals surface area contributed by atoms with Crippen LogP contribution in [0.3, 0.4) is 0 Å². The predicted molar refractivity (Wildman–Crippen MR) is 51.6 cm³/mol. The molecule has 1 rings (SSSR count). The van der Waals surface area contributed by atoms with Crippen molar-refractivity contribution in [2.24, 2.45) is 5.92 Å². The Labute approximate surface area is 78.1 Å². The van der Waals surface area contributed by atoms with Crippen molar-refractivity contribution in [3.8, 4) is 0 Å². The van der Waals surface area contributed by atoms with Gasteiger partial charge in [0.2, 0.25) is 0 Å². The molecular weight excluding hydrogens is 166 g/mol. The van der Waals surface area contributed by atoms with Crippen molar-refractivity contribution >= 4 is 6.09 Å². The molecule has 0 aromatic carbocycles. The molecule has 0 spiro atoms. The molecule has 0 radical (unpaired) electrons. The van der Waals surface area contributed by atoms with Crippen LogP contribution in [0, 0.1) is 5.92 Å². The first-order valence-corrected chi connectivity index (χ1v) is 4.57. The van der Waals surface area contributed by atoms with Gasteiger partial charge in [-0.3, -0.25) is 0 Å². The zero-order chi connectivity index (χ0) is 9.52. The number of nitrogens with one attached hydrogen (secondary N) is 1. The number of hydrogen-bond donors (Lipinski definition) is 2. The van der Waals surface area contributed by atoms with Crippen molar-refractivity contribution < 1.29 is 9.90 Å². The third-order valence-corrected chi connectivity index (χ3v) is 2.09. The average molecular weight is 181 g/mol. The quantitative estimate of drug-likeness (QED) is 0.655. The van der Waals surface area contributed by atoms with E-state index >= 15 is 0 Å². The second-order valence-electron chi connectivity index (χ2n) is 3.16. The van der Waals surface area contributed by atoms with E-state index in [-0.39, 0.29) is 0 Å². The molecule has 0 saturated heterocycles. The van der Waals surface area contributed by atoms with Crippen LogP contribution in [-0.2, 0) is 0 Å². The van der Waals surface area contributed by atoms with Crippen LogP contribution in [-0.4, -0.2) is 17.7 Å². The van der Waals surface area contributed by atoms with E-state index in [9.17, 15) is 4.79 Å². The van der Waals surface area contributed by atoms with Gasteiger partial charge in [0, 0.05) is 6.54 Å². The van der Waals surface area contributed by atoms with Gasteiger partial charge in [0.15, 0.2) is 0 Å². The highest BCUT2D eigenvalue weighted by molar-refractivity contribution is 5.64. The van der Waals surface area contributed by atoms with Crippen LogP contribution in [0.25, 0.3) is 0 Å². The summed E-state index contributed by atoms with van der Waals surface area (Å²) >= 11 is 0. The van der Waals surface area contributed by atoms with Gasteiger partial charge in [0.25, 0.3) is 0 Å². The maximum atomic E-state index is 10.1. The SMILES string of the molecule is O=C(O)NC/C=C/C1CC=CCC1. The van der Waals surface area contributed by atoms with Crippen LogP contribution >= 0.6 is 0 Å². The van der Waals surface area contributed by atoms with Gasteiger partial charge in [0.05, 0.1) is 0 Å². The molecule has 1 unspecified atom stereocenters. The van der Waals surface area contributed by atoms with E-state index in [1.54, 1.807) is 0 Å². The van der Waals surface area contributed by atoms with E-state index in [4.69, 9.17) is 5.11 Å². The second kappa shape index (κ2) is 5.41. The lowest BCUT2D eigenvalue weighted by atomic mass is 9.94. The first kappa shape index (κ1) is 9.84. The minimum Gasteiger partial charge on any atom is -0.465 e. The highest BCUT2D eigenvalue weighted by Crippen LogP contribution is 2.18. The Bertz CT molecular complexity index is 221. The van der Waals surface area contributed by atoms with Gasteiger partial charge in [0.1, 0.15) is 0 Å². The lowest BCUT2D eigenvalue weighted by Crippen LogP contribution is -2.20. The second-order valence-corrected chi connectivity index (χ2v) is 3.16. The van der Waals surface area contributed by atoms with E-state index in [0.717, 1.165) is 12.8 Å². The molecule has 0 bridgehead atoms. The first-order valence-electron chi connectivity index (χ1n) is 4.57. The molecule has 1 atom stereocenters. The van der Waals surface area contributed by atoms with Crippen LogP contribution < -0.4 is 5.32 Å². The number of amides is 1. The molecule has 0 heterocycles. The first-order chi connectivity index (χ1) is 6.29. The lowest BCUT2D eigenvalue weighted by molar-refractivity contribution is 0.195. The Morgan fingerprint density at radius 3 is 3.08 bits per heavy atom. The predicted octanol–water partition coefficient (Wildman–Crippen LogP) is 2.17. The Morgan fingerprint density at radius 2 is 2.46 bits per heavy atom. The molecule has 1 aliphatic carbocycles. The fourth-order valence-corrected chi connectivity index (χ4v) is 1.40. The molecule has 0 aromatic rings. The minimum atomic E-state index is -0.965. The van der Waals surface area contributed by atoms with Crippen molar-refractivity contribution in [2.75, 3.05) is 6.54 Å². The highest BCUT2D eigenvalue weighted by atomic mass is 16.4. The summed E-state index contributed by atoms with van der Waals surface area (Å²) < 4.78 is 0. The normalized spacial score (nSPS) is 22.0. The maximum absolute atomic E-state index is 10.1. The number of hydrogen-bond acceptors (Lipinski definition) is 1. The Balaban J connectivity index is 2.15. The zero-order valence-electron chi connectivity index (χ0n) is 7.57. The molecule has 2 N–H and O–H groups in total. The van der Waals surface area contributed by atoms with E-state index in [0.29, 0.717) is 12.5 Å². The molecule has 0 saturated carbocycles. The summed E-state index contributed by atoms with van der Waals surface area (Å²) in [6.45, 7) is 0.412. The Kier molecular flexibility index (Phi) is 4.09. The molecule has 0 fully saturated rings. The van der Waals surface area contributed by atoms with Crippen LogP contribution in [0.2, 0.25) is 0 Å². The number of allylic oxidation sites excluding steroid dienone is 3. The van der Waals surface area contributed by atoms with Gasteiger partial charge >= 0.3 is 6.09 Å². The lowest BCUT2D eigenvalue weighted by Gasteiger charge is -2.12. The fourth-order valence-electron chi connectivity index (χ4n) is 1.40. The van der Waals surface area contributed by atoms with Gasteiger partial charge < -0.3 is 10.4 Å². The Morgan fingerprint density at radius 1 is 1.62 bits per heavy atom. The summed E-state index contributed by atoms with van der Waals surface area (Å²) in [5, 5.41) is 10.6. The van der Waals surface area contributed by atoms with E-state index in [1.165, 1.54) is 6.42 Å². The molecule has 72 valence electrons. The van der Waals surface area contributed by atoms with E-state index < -0.39 is 6.09 Å². The Hall–Kier alpha value is -1.25. The van der Waals surface area contributed by atoms with E-state index in [2.05, 4.69) is 23.5 Å². The highest BCUT2D eigenvalue weighted by Gasteiger charge is 2.04. The average Bonchev–Trinajstić information content (AvgIpc) is 2.14. The largest absolute Gasteiger partial charge is 0.465 e. The fraction of sp³-hybridized carbons (Fsp3) is 0.500. The smallest absolute Gasteiger partial charge is 0.404 e. The molecule has 3 heteroatoms. The molecule has 3 nitrogen and oxygen atoms in total. The third kappa shape index (κ3) is 4.35. The summed E-state index contributed by atoms with van der Waals surface area (Å²) in [7, 11) is 0. The van der Waals surface area contributed by atoms with Crippen LogP contribution in [0.1, 0.15) is 19.3 Å². The zero-order valence-corrected chi connectivity index (χ0v) is 7.57.